The van der Waals surface area contributed by atoms with Gasteiger partial charge in [-0.1, -0.05) is 68.3 Å². The molecule has 2 fully saturated rings. The molecular weight excluding hydrogens is 398 g/mol. The Labute approximate surface area is 195 Å². The van der Waals surface area contributed by atoms with Crippen molar-refractivity contribution in [3.8, 4) is 0 Å². The summed E-state index contributed by atoms with van der Waals surface area (Å²) in [6.45, 7) is 4.17. The molecule has 0 N–H and O–H groups in total. The molecule has 0 bridgehead atoms. The van der Waals surface area contributed by atoms with E-state index in [2.05, 4.69) is 56.3 Å². The second-order valence-corrected chi connectivity index (χ2v) is 10.4. The lowest BCUT2D eigenvalue weighted by Crippen LogP contribution is -2.34. The first-order chi connectivity index (χ1) is 15.5. The van der Waals surface area contributed by atoms with Crippen molar-refractivity contribution in [2.45, 2.75) is 103 Å². The topological polar surface area (TPSA) is 0 Å². The SMILES string of the molecule is C/C=C/CCc1ccc(CCC2CCC(/C=C/C3CCC(CCC)CC3(F)F)CC2)cc1. The maximum absolute atomic E-state index is 14.6. The molecule has 2 saturated carbocycles. The van der Waals surface area contributed by atoms with E-state index in [0.29, 0.717) is 12.3 Å². The monoisotopic (exact) mass is 442 g/mol. The van der Waals surface area contributed by atoms with E-state index in [9.17, 15) is 8.78 Å². The molecule has 0 saturated heterocycles. The quantitative estimate of drug-likeness (QED) is 0.317. The van der Waals surface area contributed by atoms with E-state index in [1.165, 1.54) is 43.2 Å². The van der Waals surface area contributed by atoms with Crippen LogP contribution in [0.4, 0.5) is 8.78 Å². The van der Waals surface area contributed by atoms with Gasteiger partial charge in [0.2, 0.25) is 0 Å². The molecule has 0 aromatic heterocycles. The second-order valence-electron chi connectivity index (χ2n) is 10.4. The normalized spacial score (nSPS) is 28.5. The van der Waals surface area contributed by atoms with E-state index in [1.54, 1.807) is 0 Å². The Bertz CT molecular complexity index is 707. The summed E-state index contributed by atoms with van der Waals surface area (Å²) in [7, 11) is 0. The van der Waals surface area contributed by atoms with Gasteiger partial charge < -0.3 is 0 Å². The third-order valence-corrected chi connectivity index (χ3v) is 7.89. The van der Waals surface area contributed by atoms with Gasteiger partial charge in [0.05, 0.1) is 0 Å². The minimum atomic E-state index is -2.51. The zero-order valence-corrected chi connectivity index (χ0v) is 20.4. The van der Waals surface area contributed by atoms with Gasteiger partial charge in [-0.3, -0.25) is 0 Å². The molecule has 0 amide bonds. The van der Waals surface area contributed by atoms with Crippen LogP contribution in [0.15, 0.2) is 48.6 Å². The van der Waals surface area contributed by atoms with Crippen LogP contribution >= 0.6 is 0 Å². The van der Waals surface area contributed by atoms with E-state index in [0.717, 1.165) is 44.4 Å². The van der Waals surface area contributed by atoms with E-state index in [1.807, 2.05) is 6.08 Å². The maximum Gasteiger partial charge on any atom is 0.254 e. The Kier molecular flexibility index (Phi) is 10.0. The molecule has 0 radical (unpaired) electrons. The molecule has 1 aromatic carbocycles. The van der Waals surface area contributed by atoms with Gasteiger partial charge >= 0.3 is 0 Å². The Hall–Kier alpha value is -1.44. The molecule has 3 rings (SSSR count). The van der Waals surface area contributed by atoms with Gasteiger partial charge in [-0.2, -0.15) is 0 Å². The van der Waals surface area contributed by atoms with Gasteiger partial charge in [0.1, 0.15) is 0 Å². The molecule has 0 spiro atoms. The third kappa shape index (κ3) is 7.85. The largest absolute Gasteiger partial charge is 0.254 e. The average Bonchev–Trinajstić information content (AvgIpc) is 2.79. The van der Waals surface area contributed by atoms with Crippen LogP contribution in [-0.4, -0.2) is 5.92 Å². The summed E-state index contributed by atoms with van der Waals surface area (Å²) < 4.78 is 29.1. The fraction of sp³-hybridized carbons (Fsp3) is 0.667. The van der Waals surface area contributed by atoms with Gasteiger partial charge in [-0.25, -0.2) is 8.78 Å². The summed E-state index contributed by atoms with van der Waals surface area (Å²) in [5.41, 5.74) is 2.87. The van der Waals surface area contributed by atoms with Crippen LogP contribution in [0.5, 0.6) is 0 Å². The fourth-order valence-corrected chi connectivity index (χ4v) is 5.78. The number of rotatable bonds is 10. The lowest BCUT2D eigenvalue weighted by molar-refractivity contribution is -0.0859. The number of aryl methyl sites for hydroxylation is 2. The number of alkyl halides is 2. The number of hydrogen-bond acceptors (Lipinski definition) is 0. The van der Waals surface area contributed by atoms with Crippen molar-refractivity contribution in [2.24, 2.45) is 23.7 Å². The first kappa shape index (κ1) is 25.2. The van der Waals surface area contributed by atoms with Crippen LogP contribution in [0, 0.1) is 23.7 Å². The van der Waals surface area contributed by atoms with E-state index < -0.39 is 11.8 Å². The highest BCUT2D eigenvalue weighted by molar-refractivity contribution is 5.23. The standard InChI is InChI=1S/C30H44F2/c1-3-5-6-8-24-9-11-25(12-10-24)13-14-26-15-17-27(18-16-26)19-21-29-22-20-28(7-4-2)23-30(29,31)32/h3,5,9-12,19,21,26-29H,4,6-8,13-18,20,22-23H2,1-2H3/b5-3+,21-19+. The van der Waals surface area contributed by atoms with Crippen molar-refractivity contribution < 1.29 is 8.78 Å². The van der Waals surface area contributed by atoms with Crippen molar-refractivity contribution in [1.29, 1.82) is 0 Å². The lowest BCUT2D eigenvalue weighted by Gasteiger charge is -2.35. The van der Waals surface area contributed by atoms with E-state index in [-0.39, 0.29) is 12.3 Å². The zero-order chi connectivity index (χ0) is 22.8. The van der Waals surface area contributed by atoms with Gasteiger partial charge in [0.25, 0.3) is 5.92 Å². The fourth-order valence-electron chi connectivity index (χ4n) is 5.78. The third-order valence-electron chi connectivity index (χ3n) is 7.89. The molecule has 1 aromatic rings. The molecule has 0 nitrogen and oxygen atoms in total. The average molecular weight is 443 g/mol. The summed E-state index contributed by atoms with van der Waals surface area (Å²) in [6, 6.07) is 9.17. The molecular formula is C30H44F2. The molecule has 2 heteroatoms. The summed E-state index contributed by atoms with van der Waals surface area (Å²) in [4.78, 5) is 0. The Morgan fingerprint density at radius 1 is 0.844 bits per heavy atom. The van der Waals surface area contributed by atoms with Gasteiger partial charge in [0.15, 0.2) is 0 Å². The van der Waals surface area contributed by atoms with Gasteiger partial charge in [-0.15, -0.1) is 0 Å². The predicted molar refractivity (Wildman–Crippen MR) is 133 cm³/mol. The molecule has 2 atom stereocenters. The van der Waals surface area contributed by atoms with Crippen molar-refractivity contribution in [2.75, 3.05) is 0 Å². The highest BCUT2D eigenvalue weighted by Crippen LogP contribution is 2.44. The molecule has 2 unspecified atom stereocenters. The number of halogens is 2. The van der Waals surface area contributed by atoms with Crippen LogP contribution < -0.4 is 0 Å². The predicted octanol–water partition coefficient (Wildman–Crippen LogP) is 9.34. The highest BCUT2D eigenvalue weighted by Gasteiger charge is 2.43. The van der Waals surface area contributed by atoms with Crippen molar-refractivity contribution in [1.82, 2.24) is 0 Å². The molecule has 0 heterocycles. The number of hydrogen-bond donors (Lipinski definition) is 0. The molecule has 0 aliphatic heterocycles. The molecule has 32 heavy (non-hydrogen) atoms. The highest BCUT2D eigenvalue weighted by atomic mass is 19.3. The zero-order valence-electron chi connectivity index (χ0n) is 20.4. The van der Waals surface area contributed by atoms with E-state index >= 15 is 0 Å². The summed E-state index contributed by atoms with van der Waals surface area (Å²) in [6.07, 6.45) is 21.6. The first-order valence-corrected chi connectivity index (χ1v) is 13.2. The molecule has 2 aliphatic rings. The van der Waals surface area contributed by atoms with Crippen molar-refractivity contribution in [3.63, 3.8) is 0 Å². The summed E-state index contributed by atoms with van der Waals surface area (Å²) >= 11 is 0. The molecule has 2 aliphatic carbocycles. The lowest BCUT2D eigenvalue weighted by atomic mass is 9.75. The van der Waals surface area contributed by atoms with Crippen molar-refractivity contribution >= 4 is 0 Å². The van der Waals surface area contributed by atoms with Crippen LogP contribution in [0.1, 0.15) is 95.6 Å². The van der Waals surface area contributed by atoms with Crippen LogP contribution in [-0.2, 0) is 12.8 Å². The van der Waals surface area contributed by atoms with Gasteiger partial charge in [-0.05, 0) is 100 Å². The van der Waals surface area contributed by atoms with Crippen molar-refractivity contribution in [3.05, 3.63) is 59.7 Å². The smallest absolute Gasteiger partial charge is 0.206 e. The van der Waals surface area contributed by atoms with Crippen LogP contribution in [0.3, 0.4) is 0 Å². The minimum Gasteiger partial charge on any atom is -0.206 e. The van der Waals surface area contributed by atoms with Crippen LogP contribution in [0.25, 0.3) is 0 Å². The summed E-state index contributed by atoms with van der Waals surface area (Å²) in [5, 5.41) is 0. The second kappa shape index (κ2) is 12.7. The molecule has 178 valence electrons. The maximum atomic E-state index is 14.6. The summed E-state index contributed by atoms with van der Waals surface area (Å²) in [5.74, 6) is -1.51. The van der Waals surface area contributed by atoms with Crippen LogP contribution in [0.2, 0.25) is 0 Å². The number of allylic oxidation sites excluding steroid dienone is 4. The Morgan fingerprint density at radius 3 is 2.12 bits per heavy atom. The number of benzene rings is 1. The van der Waals surface area contributed by atoms with E-state index in [4.69, 9.17) is 0 Å². The Morgan fingerprint density at radius 2 is 1.50 bits per heavy atom. The Balaban J connectivity index is 1.37. The first-order valence-electron chi connectivity index (χ1n) is 13.2. The minimum absolute atomic E-state index is 0.0966. The van der Waals surface area contributed by atoms with Gasteiger partial charge in [0, 0.05) is 12.3 Å².